The highest BCUT2D eigenvalue weighted by atomic mass is 14.3. The second-order valence-corrected chi connectivity index (χ2v) is 18.3. The summed E-state index contributed by atoms with van der Waals surface area (Å²) in [7, 11) is 0. The van der Waals surface area contributed by atoms with Crippen LogP contribution in [0.15, 0.2) is 279 Å². The van der Waals surface area contributed by atoms with E-state index in [0.29, 0.717) is 0 Å². The standard InChI is InChI=1S/C70H46/c1-5-21-47(22-6-1)51-29-17-33-55(41-51)67-59-37-13-14-38-60(59)68(56-34-18-30-52(42-56)48-23-7-2-8-24-48)64-46-66-65(45-63(64)67)69(57-35-19-31-53(43-57)49-25-9-3-10-26-49)61-39-15-16-40-62(61)70(66)58-36-20-32-54(44-58)50-27-11-4-12-28-50/h1-46H. The SMILES string of the molecule is c1ccc(-c2cccc(-c3c4ccccc4c(-c4cccc(-c5ccccc5)c4)c4cc5c(-c6cccc(-c7ccccc7)c6)c6ccccc6c(-c6cccc(-c7ccccc7)c6)c5cc34)c2)cc1. The molecule has 326 valence electrons. The fraction of sp³-hybridized carbons (Fsp3) is 0. The van der Waals surface area contributed by atoms with Crippen LogP contribution in [0.1, 0.15) is 0 Å². The first-order valence-corrected chi connectivity index (χ1v) is 24.2. The van der Waals surface area contributed by atoms with E-state index in [1.165, 1.54) is 132 Å². The van der Waals surface area contributed by atoms with Gasteiger partial charge in [-0.1, -0.05) is 243 Å². The van der Waals surface area contributed by atoms with Gasteiger partial charge in [-0.3, -0.25) is 0 Å². The second-order valence-electron chi connectivity index (χ2n) is 18.3. The van der Waals surface area contributed by atoms with Crippen LogP contribution in [0.5, 0.6) is 0 Å². The van der Waals surface area contributed by atoms with Crippen molar-refractivity contribution < 1.29 is 0 Å². The largest absolute Gasteiger partial charge is 0.0622 e. The highest BCUT2D eigenvalue weighted by Crippen LogP contribution is 2.51. The van der Waals surface area contributed by atoms with Crippen molar-refractivity contribution in [2.75, 3.05) is 0 Å². The van der Waals surface area contributed by atoms with Crippen LogP contribution < -0.4 is 0 Å². The Morgan fingerprint density at radius 1 is 0.114 bits per heavy atom. The molecule has 0 radical (unpaired) electrons. The molecule has 13 rings (SSSR count). The Kier molecular flexibility index (Phi) is 10.3. The van der Waals surface area contributed by atoms with E-state index in [0.717, 1.165) is 0 Å². The Morgan fingerprint density at radius 2 is 0.300 bits per heavy atom. The predicted molar refractivity (Wildman–Crippen MR) is 300 cm³/mol. The first-order chi connectivity index (χ1) is 34.7. The van der Waals surface area contributed by atoms with Crippen LogP contribution in [0.2, 0.25) is 0 Å². The van der Waals surface area contributed by atoms with E-state index >= 15 is 0 Å². The molecule has 0 unspecified atom stereocenters. The van der Waals surface area contributed by atoms with Gasteiger partial charge in [-0.25, -0.2) is 0 Å². The number of rotatable bonds is 8. The topological polar surface area (TPSA) is 0 Å². The van der Waals surface area contributed by atoms with Gasteiger partial charge in [0.15, 0.2) is 0 Å². The molecule has 0 heteroatoms. The normalized spacial score (nSPS) is 11.4. The van der Waals surface area contributed by atoms with Crippen molar-refractivity contribution in [3.63, 3.8) is 0 Å². The Morgan fingerprint density at radius 3 is 0.529 bits per heavy atom. The first kappa shape index (κ1) is 41.1. The van der Waals surface area contributed by atoms with E-state index in [4.69, 9.17) is 0 Å². The summed E-state index contributed by atoms with van der Waals surface area (Å²) < 4.78 is 0. The van der Waals surface area contributed by atoms with Gasteiger partial charge in [-0.2, -0.15) is 0 Å². The van der Waals surface area contributed by atoms with E-state index in [9.17, 15) is 0 Å². The third-order valence-electron chi connectivity index (χ3n) is 14.2. The summed E-state index contributed by atoms with van der Waals surface area (Å²) in [6.07, 6.45) is 0. The molecule has 0 spiro atoms. The maximum absolute atomic E-state index is 2.55. The summed E-state index contributed by atoms with van der Waals surface area (Å²) in [5.74, 6) is 0. The van der Waals surface area contributed by atoms with Crippen molar-refractivity contribution >= 4 is 43.1 Å². The molecule has 0 amide bonds. The van der Waals surface area contributed by atoms with Gasteiger partial charge in [-0.15, -0.1) is 0 Å². The fourth-order valence-electron chi connectivity index (χ4n) is 11.0. The Balaban J connectivity index is 1.21. The molecule has 0 heterocycles. The number of hydrogen-bond donors (Lipinski definition) is 0. The first-order valence-electron chi connectivity index (χ1n) is 24.2. The summed E-state index contributed by atoms with van der Waals surface area (Å²) in [6.45, 7) is 0. The van der Waals surface area contributed by atoms with E-state index in [1.54, 1.807) is 0 Å². The summed E-state index contributed by atoms with van der Waals surface area (Å²) in [5.41, 5.74) is 19.3. The lowest BCUT2D eigenvalue weighted by atomic mass is 9.80. The zero-order valence-electron chi connectivity index (χ0n) is 38.6. The highest BCUT2D eigenvalue weighted by Gasteiger charge is 2.23. The maximum atomic E-state index is 2.55. The highest BCUT2D eigenvalue weighted by molar-refractivity contribution is 6.29. The van der Waals surface area contributed by atoms with Crippen LogP contribution in [0.3, 0.4) is 0 Å². The molecule has 0 aliphatic heterocycles. The van der Waals surface area contributed by atoms with Gasteiger partial charge in [0.05, 0.1) is 0 Å². The van der Waals surface area contributed by atoms with Crippen molar-refractivity contribution in [1.82, 2.24) is 0 Å². The molecule has 0 N–H and O–H groups in total. The van der Waals surface area contributed by atoms with E-state index in [-0.39, 0.29) is 0 Å². The zero-order valence-corrected chi connectivity index (χ0v) is 38.6. The van der Waals surface area contributed by atoms with Crippen molar-refractivity contribution in [3.05, 3.63) is 279 Å². The zero-order chi connectivity index (χ0) is 46.4. The van der Waals surface area contributed by atoms with Crippen LogP contribution >= 0.6 is 0 Å². The van der Waals surface area contributed by atoms with Gasteiger partial charge in [0, 0.05) is 0 Å². The average Bonchev–Trinajstić information content (AvgIpc) is 3.44. The Labute approximate surface area is 409 Å². The molecule has 0 saturated heterocycles. The lowest BCUT2D eigenvalue weighted by Crippen LogP contribution is -1.95. The van der Waals surface area contributed by atoms with Gasteiger partial charge in [-0.05, 0) is 169 Å². The van der Waals surface area contributed by atoms with Crippen molar-refractivity contribution in [3.8, 4) is 89.0 Å². The number of benzene rings is 13. The maximum Gasteiger partial charge on any atom is -0.00259 e. The molecular weight excluding hydrogens is 841 g/mol. The van der Waals surface area contributed by atoms with E-state index in [2.05, 4.69) is 279 Å². The van der Waals surface area contributed by atoms with Gasteiger partial charge in [0.25, 0.3) is 0 Å². The van der Waals surface area contributed by atoms with Gasteiger partial charge >= 0.3 is 0 Å². The lowest BCUT2D eigenvalue weighted by molar-refractivity contribution is 1.60. The minimum Gasteiger partial charge on any atom is -0.0622 e. The molecule has 0 aliphatic carbocycles. The Bertz CT molecular complexity index is 3540. The third-order valence-corrected chi connectivity index (χ3v) is 14.2. The number of hydrogen-bond acceptors (Lipinski definition) is 0. The molecule has 0 nitrogen and oxygen atoms in total. The fourth-order valence-corrected chi connectivity index (χ4v) is 11.0. The molecule has 0 saturated carbocycles. The van der Waals surface area contributed by atoms with Crippen LogP contribution in [-0.4, -0.2) is 0 Å². The van der Waals surface area contributed by atoms with Crippen LogP contribution in [-0.2, 0) is 0 Å². The average molecular weight is 887 g/mol. The predicted octanol–water partition coefficient (Wildman–Crippen LogP) is 19.6. The molecule has 13 aromatic rings. The minimum atomic E-state index is 1.19. The molecule has 0 atom stereocenters. The lowest BCUT2D eigenvalue weighted by Gasteiger charge is -2.23. The molecule has 13 aromatic carbocycles. The summed E-state index contributed by atoms with van der Waals surface area (Å²) >= 11 is 0. The molecule has 0 fully saturated rings. The quantitative estimate of drug-likeness (QED) is 0.133. The molecule has 70 heavy (non-hydrogen) atoms. The van der Waals surface area contributed by atoms with Gasteiger partial charge in [0.2, 0.25) is 0 Å². The van der Waals surface area contributed by atoms with Crippen LogP contribution in [0.4, 0.5) is 0 Å². The molecular formula is C70H46. The minimum absolute atomic E-state index is 1.19. The van der Waals surface area contributed by atoms with E-state index < -0.39 is 0 Å². The van der Waals surface area contributed by atoms with E-state index in [1.807, 2.05) is 0 Å². The molecule has 0 bridgehead atoms. The smallest absolute Gasteiger partial charge is 0.00259 e. The van der Waals surface area contributed by atoms with Gasteiger partial charge < -0.3 is 0 Å². The third kappa shape index (κ3) is 7.26. The summed E-state index contributed by atoms with van der Waals surface area (Å²) in [6, 6.07) is 103. The van der Waals surface area contributed by atoms with Crippen molar-refractivity contribution in [1.29, 1.82) is 0 Å². The van der Waals surface area contributed by atoms with Crippen molar-refractivity contribution in [2.24, 2.45) is 0 Å². The van der Waals surface area contributed by atoms with Crippen LogP contribution in [0, 0.1) is 0 Å². The van der Waals surface area contributed by atoms with Gasteiger partial charge in [0.1, 0.15) is 0 Å². The Hall–Kier alpha value is -9.10. The van der Waals surface area contributed by atoms with Crippen molar-refractivity contribution in [2.45, 2.75) is 0 Å². The monoisotopic (exact) mass is 886 g/mol. The number of fused-ring (bicyclic) bond motifs is 4. The molecule has 0 aliphatic rings. The summed E-state index contributed by atoms with van der Waals surface area (Å²) in [4.78, 5) is 0. The molecule has 0 aromatic heterocycles. The van der Waals surface area contributed by atoms with Crippen LogP contribution in [0.25, 0.3) is 132 Å². The second kappa shape index (κ2) is 17.5. The summed E-state index contributed by atoms with van der Waals surface area (Å²) in [5, 5.41) is 9.78.